The zero-order chi connectivity index (χ0) is 23.0. The highest BCUT2D eigenvalue weighted by Gasteiger charge is 2.23. The van der Waals surface area contributed by atoms with E-state index in [4.69, 9.17) is 14.5 Å². The van der Waals surface area contributed by atoms with Crippen LogP contribution >= 0.6 is 23.1 Å². The summed E-state index contributed by atoms with van der Waals surface area (Å²) in [6.45, 7) is 0.357. The Morgan fingerprint density at radius 3 is 2.48 bits per heavy atom. The van der Waals surface area contributed by atoms with Gasteiger partial charge in [0.15, 0.2) is 5.13 Å². The van der Waals surface area contributed by atoms with Gasteiger partial charge < -0.3 is 9.47 Å². The lowest BCUT2D eigenvalue weighted by Gasteiger charge is -2.19. The molecular formula is C25H25N3O3S2. The van der Waals surface area contributed by atoms with Gasteiger partial charge in [-0.15, -0.1) is 11.8 Å². The van der Waals surface area contributed by atoms with Gasteiger partial charge in [-0.1, -0.05) is 35.6 Å². The van der Waals surface area contributed by atoms with Gasteiger partial charge in [0.25, 0.3) is 0 Å². The number of thioether (sulfide) groups is 1. The molecule has 0 saturated carbocycles. The van der Waals surface area contributed by atoms with Crippen molar-refractivity contribution in [2.45, 2.75) is 24.3 Å². The third-order valence-corrected chi connectivity index (χ3v) is 7.22. The first-order chi connectivity index (χ1) is 16.2. The van der Waals surface area contributed by atoms with E-state index in [0.717, 1.165) is 22.6 Å². The van der Waals surface area contributed by atoms with E-state index in [0.29, 0.717) is 35.1 Å². The average molecular weight is 480 g/mol. The van der Waals surface area contributed by atoms with Gasteiger partial charge in [0.1, 0.15) is 21.7 Å². The molecule has 2 aromatic carbocycles. The SMILES string of the molecule is COc1ccc(OC)c2sc(N(Cc3ccccn3)C(=O)CCCSc3ccccc3)nc12. The molecular weight excluding hydrogens is 454 g/mol. The van der Waals surface area contributed by atoms with Crippen LogP contribution in [0.25, 0.3) is 10.2 Å². The van der Waals surface area contributed by atoms with Gasteiger partial charge in [-0.25, -0.2) is 4.98 Å². The van der Waals surface area contributed by atoms with Crippen LogP contribution in [0.5, 0.6) is 11.5 Å². The first-order valence-electron chi connectivity index (χ1n) is 10.6. The zero-order valence-electron chi connectivity index (χ0n) is 18.6. The molecule has 0 aliphatic carbocycles. The smallest absolute Gasteiger partial charge is 0.229 e. The van der Waals surface area contributed by atoms with Crippen molar-refractivity contribution in [1.29, 1.82) is 0 Å². The normalized spacial score (nSPS) is 10.8. The number of hydrogen-bond acceptors (Lipinski definition) is 7. The highest BCUT2D eigenvalue weighted by Crippen LogP contribution is 2.40. The number of ether oxygens (including phenoxy) is 2. The molecule has 6 nitrogen and oxygen atoms in total. The molecule has 170 valence electrons. The Balaban J connectivity index is 1.56. The predicted octanol–water partition coefficient (Wildman–Crippen LogP) is 5.81. The van der Waals surface area contributed by atoms with E-state index in [1.807, 2.05) is 48.5 Å². The van der Waals surface area contributed by atoms with Gasteiger partial charge >= 0.3 is 0 Å². The lowest BCUT2D eigenvalue weighted by atomic mass is 10.2. The number of amides is 1. The molecule has 0 unspecified atom stereocenters. The first kappa shape index (κ1) is 23.1. The Morgan fingerprint density at radius 1 is 1.00 bits per heavy atom. The first-order valence-corrected chi connectivity index (χ1v) is 12.4. The third kappa shape index (κ3) is 5.64. The van der Waals surface area contributed by atoms with Crippen LogP contribution in [0.3, 0.4) is 0 Å². The monoisotopic (exact) mass is 479 g/mol. The second-order valence-electron chi connectivity index (χ2n) is 7.21. The minimum absolute atomic E-state index is 0.0197. The maximum absolute atomic E-state index is 13.3. The van der Waals surface area contributed by atoms with Gasteiger partial charge in [0, 0.05) is 17.5 Å². The van der Waals surface area contributed by atoms with Crippen LogP contribution in [0.2, 0.25) is 0 Å². The number of benzene rings is 2. The number of rotatable bonds is 10. The summed E-state index contributed by atoms with van der Waals surface area (Å²) >= 11 is 3.18. The summed E-state index contributed by atoms with van der Waals surface area (Å²) in [5, 5.41) is 0.610. The van der Waals surface area contributed by atoms with Crippen molar-refractivity contribution in [2.24, 2.45) is 0 Å². The molecule has 4 aromatic rings. The van der Waals surface area contributed by atoms with E-state index in [-0.39, 0.29) is 5.91 Å². The van der Waals surface area contributed by atoms with Gasteiger partial charge in [-0.2, -0.15) is 0 Å². The fraction of sp³-hybridized carbons (Fsp3) is 0.240. The standard InChI is InChI=1S/C25H25N3O3S2/c1-30-20-13-14-21(31-2)24-23(20)27-25(33-24)28(17-18-9-6-7-15-26-18)22(29)12-8-16-32-19-10-4-3-5-11-19/h3-7,9-11,13-15H,8,12,16-17H2,1-2H3. The Morgan fingerprint density at radius 2 is 1.76 bits per heavy atom. The lowest BCUT2D eigenvalue weighted by Crippen LogP contribution is -2.30. The van der Waals surface area contributed by atoms with E-state index >= 15 is 0 Å². The Bertz CT molecular complexity index is 1160. The number of methoxy groups -OCH3 is 2. The van der Waals surface area contributed by atoms with E-state index in [9.17, 15) is 4.79 Å². The van der Waals surface area contributed by atoms with E-state index in [2.05, 4.69) is 17.1 Å². The minimum atomic E-state index is 0.0197. The summed E-state index contributed by atoms with van der Waals surface area (Å²) in [6.07, 6.45) is 2.93. The van der Waals surface area contributed by atoms with Crippen LogP contribution in [-0.4, -0.2) is 35.8 Å². The third-order valence-electron chi connectivity index (χ3n) is 5.02. The molecule has 8 heteroatoms. The molecule has 4 rings (SSSR count). The molecule has 0 radical (unpaired) electrons. The Hall–Kier alpha value is -3.10. The molecule has 1 amide bonds. The molecule has 0 aliphatic rings. The number of pyridine rings is 1. The van der Waals surface area contributed by atoms with Crippen LogP contribution in [-0.2, 0) is 11.3 Å². The maximum Gasteiger partial charge on any atom is 0.229 e. The Labute approximate surface area is 201 Å². The summed E-state index contributed by atoms with van der Waals surface area (Å²) in [7, 11) is 3.24. The van der Waals surface area contributed by atoms with E-state index < -0.39 is 0 Å². The van der Waals surface area contributed by atoms with Crippen molar-refractivity contribution in [3.63, 3.8) is 0 Å². The molecule has 33 heavy (non-hydrogen) atoms. The molecule has 0 bridgehead atoms. The fourth-order valence-corrected chi connectivity index (χ4v) is 5.34. The van der Waals surface area contributed by atoms with Crippen molar-refractivity contribution < 1.29 is 14.3 Å². The minimum Gasteiger partial charge on any atom is -0.495 e. The number of hydrogen-bond donors (Lipinski definition) is 0. The van der Waals surface area contributed by atoms with Gasteiger partial charge in [0.2, 0.25) is 5.91 Å². The molecule has 0 atom stereocenters. The van der Waals surface area contributed by atoms with Crippen molar-refractivity contribution in [2.75, 3.05) is 24.9 Å². The molecule has 2 heterocycles. The molecule has 0 fully saturated rings. The van der Waals surface area contributed by atoms with Crippen LogP contribution in [0.15, 0.2) is 71.8 Å². The van der Waals surface area contributed by atoms with Crippen LogP contribution in [0, 0.1) is 0 Å². The number of fused-ring (bicyclic) bond motifs is 1. The number of aromatic nitrogens is 2. The maximum atomic E-state index is 13.3. The summed E-state index contributed by atoms with van der Waals surface area (Å²) in [4.78, 5) is 25.5. The predicted molar refractivity (Wildman–Crippen MR) is 135 cm³/mol. The summed E-state index contributed by atoms with van der Waals surface area (Å²) < 4.78 is 11.9. The lowest BCUT2D eigenvalue weighted by molar-refractivity contribution is -0.118. The molecule has 2 aromatic heterocycles. The molecule has 0 saturated heterocycles. The number of carbonyl (C=O) groups excluding carboxylic acids is 1. The summed E-state index contributed by atoms with van der Waals surface area (Å²) in [5.41, 5.74) is 1.50. The van der Waals surface area contributed by atoms with Crippen molar-refractivity contribution in [3.05, 3.63) is 72.6 Å². The quantitative estimate of drug-likeness (QED) is 0.211. The molecule has 0 spiro atoms. The number of nitrogens with zero attached hydrogens (tertiary/aromatic N) is 3. The number of anilines is 1. The molecule has 0 N–H and O–H groups in total. The zero-order valence-corrected chi connectivity index (χ0v) is 20.2. The fourth-order valence-electron chi connectivity index (χ4n) is 3.37. The van der Waals surface area contributed by atoms with E-state index in [1.54, 1.807) is 37.1 Å². The number of thiazole rings is 1. The van der Waals surface area contributed by atoms with Gasteiger partial charge in [-0.05, 0) is 48.6 Å². The Kier molecular flexibility index (Phi) is 7.80. The van der Waals surface area contributed by atoms with E-state index in [1.165, 1.54) is 16.2 Å². The summed E-state index contributed by atoms with van der Waals surface area (Å²) in [6, 6.07) is 19.6. The average Bonchev–Trinajstić information content (AvgIpc) is 3.31. The van der Waals surface area contributed by atoms with Crippen molar-refractivity contribution in [3.8, 4) is 11.5 Å². The number of carbonyl (C=O) groups is 1. The van der Waals surface area contributed by atoms with Crippen LogP contribution in [0.4, 0.5) is 5.13 Å². The van der Waals surface area contributed by atoms with Gasteiger partial charge in [-0.3, -0.25) is 14.7 Å². The highest BCUT2D eigenvalue weighted by molar-refractivity contribution is 7.99. The van der Waals surface area contributed by atoms with Crippen molar-refractivity contribution >= 4 is 44.4 Å². The highest BCUT2D eigenvalue weighted by atomic mass is 32.2. The second kappa shape index (κ2) is 11.2. The molecule has 0 aliphatic heterocycles. The second-order valence-corrected chi connectivity index (χ2v) is 9.36. The largest absolute Gasteiger partial charge is 0.495 e. The summed E-state index contributed by atoms with van der Waals surface area (Å²) in [5.74, 6) is 2.25. The van der Waals surface area contributed by atoms with Crippen molar-refractivity contribution in [1.82, 2.24) is 9.97 Å². The van der Waals surface area contributed by atoms with Crippen LogP contribution in [0.1, 0.15) is 18.5 Å². The van der Waals surface area contributed by atoms with Crippen LogP contribution < -0.4 is 14.4 Å². The van der Waals surface area contributed by atoms with Gasteiger partial charge in [0.05, 0.1) is 26.5 Å². The topological polar surface area (TPSA) is 64.6 Å².